The van der Waals surface area contributed by atoms with Gasteiger partial charge in [-0.2, -0.15) is 0 Å². The zero-order valence-electron chi connectivity index (χ0n) is 11.9. The van der Waals surface area contributed by atoms with E-state index in [0.717, 1.165) is 24.8 Å². The van der Waals surface area contributed by atoms with Gasteiger partial charge in [-0.15, -0.1) is 0 Å². The van der Waals surface area contributed by atoms with Gasteiger partial charge in [0.15, 0.2) is 0 Å². The van der Waals surface area contributed by atoms with Crippen LogP contribution < -0.4 is 5.32 Å². The Morgan fingerprint density at radius 3 is 2.65 bits per heavy atom. The van der Waals surface area contributed by atoms with Gasteiger partial charge in [-0.1, -0.05) is 0 Å². The van der Waals surface area contributed by atoms with Crippen molar-refractivity contribution in [3.05, 3.63) is 11.9 Å². The minimum Gasteiger partial charge on any atom is -0.374 e. The molecule has 4 heteroatoms. The SMILES string of the molecule is CCOC(C)(C)CNc1nc(C)cn1C(C)C. The van der Waals surface area contributed by atoms with Crippen LogP contribution in [0.2, 0.25) is 0 Å². The van der Waals surface area contributed by atoms with E-state index in [1.165, 1.54) is 0 Å². The average molecular weight is 239 g/mol. The summed E-state index contributed by atoms with van der Waals surface area (Å²) in [6.45, 7) is 14.0. The van der Waals surface area contributed by atoms with Crippen molar-refractivity contribution in [1.82, 2.24) is 9.55 Å². The lowest BCUT2D eigenvalue weighted by atomic mass is 10.1. The number of anilines is 1. The lowest BCUT2D eigenvalue weighted by molar-refractivity contribution is 0.000528. The van der Waals surface area contributed by atoms with E-state index in [0.29, 0.717) is 6.04 Å². The van der Waals surface area contributed by atoms with Crippen molar-refractivity contribution in [2.24, 2.45) is 0 Å². The van der Waals surface area contributed by atoms with E-state index in [1.807, 2.05) is 13.8 Å². The van der Waals surface area contributed by atoms with Crippen molar-refractivity contribution < 1.29 is 4.74 Å². The molecule has 0 saturated carbocycles. The van der Waals surface area contributed by atoms with Gasteiger partial charge in [0.25, 0.3) is 0 Å². The third-order valence-corrected chi connectivity index (χ3v) is 2.62. The van der Waals surface area contributed by atoms with E-state index in [-0.39, 0.29) is 5.60 Å². The van der Waals surface area contributed by atoms with Crippen LogP contribution in [0, 0.1) is 6.92 Å². The van der Waals surface area contributed by atoms with Crippen LogP contribution in [0.5, 0.6) is 0 Å². The molecule has 1 rings (SSSR count). The van der Waals surface area contributed by atoms with Gasteiger partial charge in [-0.05, 0) is 41.5 Å². The summed E-state index contributed by atoms with van der Waals surface area (Å²) in [7, 11) is 0. The molecule has 0 aliphatic carbocycles. The highest BCUT2D eigenvalue weighted by Crippen LogP contribution is 2.17. The Balaban J connectivity index is 2.68. The monoisotopic (exact) mass is 239 g/mol. The van der Waals surface area contributed by atoms with Crippen molar-refractivity contribution >= 4 is 5.95 Å². The van der Waals surface area contributed by atoms with Crippen LogP contribution in [0.4, 0.5) is 5.95 Å². The normalized spacial score (nSPS) is 12.2. The fourth-order valence-electron chi connectivity index (χ4n) is 1.77. The van der Waals surface area contributed by atoms with Gasteiger partial charge in [0, 0.05) is 25.4 Å². The predicted octanol–water partition coefficient (Wildman–Crippen LogP) is 3.00. The van der Waals surface area contributed by atoms with Crippen molar-refractivity contribution in [3.63, 3.8) is 0 Å². The van der Waals surface area contributed by atoms with Crippen LogP contribution in [0.3, 0.4) is 0 Å². The maximum absolute atomic E-state index is 5.66. The molecule has 0 aliphatic heterocycles. The lowest BCUT2D eigenvalue weighted by Crippen LogP contribution is -2.34. The number of nitrogens with zero attached hydrogens (tertiary/aromatic N) is 2. The number of aryl methyl sites for hydroxylation is 1. The van der Waals surface area contributed by atoms with Gasteiger partial charge < -0.3 is 14.6 Å². The predicted molar refractivity (Wildman–Crippen MR) is 71.5 cm³/mol. The summed E-state index contributed by atoms with van der Waals surface area (Å²) in [5, 5.41) is 3.37. The summed E-state index contributed by atoms with van der Waals surface area (Å²) in [5.74, 6) is 0.922. The second kappa shape index (κ2) is 5.54. The molecule has 98 valence electrons. The van der Waals surface area contributed by atoms with Crippen molar-refractivity contribution in [2.45, 2.75) is 53.2 Å². The number of imidazole rings is 1. The van der Waals surface area contributed by atoms with Crippen LogP contribution in [0.15, 0.2) is 6.20 Å². The Hall–Kier alpha value is -1.03. The number of nitrogens with one attached hydrogen (secondary N) is 1. The number of aromatic nitrogens is 2. The summed E-state index contributed by atoms with van der Waals surface area (Å²) in [4.78, 5) is 4.49. The molecule has 4 nitrogen and oxygen atoms in total. The molecule has 0 unspecified atom stereocenters. The maximum Gasteiger partial charge on any atom is 0.203 e. The molecule has 0 atom stereocenters. The lowest BCUT2D eigenvalue weighted by Gasteiger charge is -2.25. The number of hydrogen-bond donors (Lipinski definition) is 1. The van der Waals surface area contributed by atoms with Gasteiger partial charge in [0.05, 0.1) is 11.3 Å². The Labute approximate surface area is 104 Å². The second-order valence-corrected chi connectivity index (χ2v) is 5.25. The summed E-state index contributed by atoms with van der Waals surface area (Å²) in [6.07, 6.45) is 2.07. The summed E-state index contributed by atoms with van der Waals surface area (Å²) >= 11 is 0. The van der Waals surface area contributed by atoms with Crippen molar-refractivity contribution in [2.75, 3.05) is 18.5 Å². The first kappa shape index (κ1) is 14.0. The maximum atomic E-state index is 5.66. The van der Waals surface area contributed by atoms with Gasteiger partial charge in [0.1, 0.15) is 0 Å². The molecular weight excluding hydrogens is 214 g/mol. The molecule has 0 amide bonds. The summed E-state index contributed by atoms with van der Waals surface area (Å²) < 4.78 is 7.81. The second-order valence-electron chi connectivity index (χ2n) is 5.25. The molecule has 0 aliphatic rings. The van der Waals surface area contributed by atoms with Crippen molar-refractivity contribution in [1.29, 1.82) is 0 Å². The van der Waals surface area contributed by atoms with Crippen LogP contribution in [-0.4, -0.2) is 28.3 Å². The van der Waals surface area contributed by atoms with E-state index >= 15 is 0 Å². The zero-order valence-corrected chi connectivity index (χ0v) is 11.9. The van der Waals surface area contributed by atoms with Gasteiger partial charge in [-0.25, -0.2) is 4.98 Å². The first-order chi connectivity index (χ1) is 7.85. The quantitative estimate of drug-likeness (QED) is 0.829. The van der Waals surface area contributed by atoms with Gasteiger partial charge in [-0.3, -0.25) is 0 Å². The zero-order chi connectivity index (χ0) is 13.1. The fraction of sp³-hybridized carbons (Fsp3) is 0.769. The molecule has 17 heavy (non-hydrogen) atoms. The van der Waals surface area contributed by atoms with E-state index in [1.54, 1.807) is 0 Å². The highest BCUT2D eigenvalue weighted by atomic mass is 16.5. The van der Waals surface area contributed by atoms with Crippen molar-refractivity contribution in [3.8, 4) is 0 Å². The molecule has 0 saturated heterocycles. The minimum absolute atomic E-state index is 0.170. The molecular formula is C13H25N3O. The van der Waals surface area contributed by atoms with Crippen LogP contribution in [-0.2, 0) is 4.74 Å². The largest absolute Gasteiger partial charge is 0.374 e. The van der Waals surface area contributed by atoms with E-state index in [2.05, 4.69) is 48.8 Å². The molecule has 1 aromatic heterocycles. The molecule has 1 aromatic rings. The van der Waals surface area contributed by atoms with Crippen LogP contribution in [0.25, 0.3) is 0 Å². The standard InChI is InChI=1S/C13H25N3O/c1-7-17-13(5,6)9-14-12-15-11(4)8-16(12)10(2)3/h8,10H,7,9H2,1-6H3,(H,14,15). The fourth-order valence-corrected chi connectivity index (χ4v) is 1.77. The highest BCUT2D eigenvalue weighted by Gasteiger charge is 2.18. The molecule has 0 radical (unpaired) electrons. The molecule has 1 heterocycles. The van der Waals surface area contributed by atoms with Gasteiger partial charge in [0.2, 0.25) is 5.95 Å². The Bertz CT molecular complexity index is 356. The van der Waals surface area contributed by atoms with E-state index in [4.69, 9.17) is 4.74 Å². The third-order valence-electron chi connectivity index (χ3n) is 2.62. The third kappa shape index (κ3) is 4.04. The average Bonchev–Trinajstić information content (AvgIpc) is 2.57. The Kier molecular flexibility index (Phi) is 4.57. The summed E-state index contributed by atoms with van der Waals surface area (Å²) in [6, 6.07) is 0.411. The first-order valence-electron chi connectivity index (χ1n) is 6.29. The number of ether oxygens (including phenoxy) is 1. The molecule has 0 fully saturated rings. The number of hydrogen-bond acceptors (Lipinski definition) is 3. The highest BCUT2D eigenvalue weighted by molar-refractivity contribution is 5.30. The van der Waals surface area contributed by atoms with E-state index < -0.39 is 0 Å². The topological polar surface area (TPSA) is 39.1 Å². The smallest absolute Gasteiger partial charge is 0.203 e. The Morgan fingerprint density at radius 1 is 1.47 bits per heavy atom. The summed E-state index contributed by atoms with van der Waals surface area (Å²) in [5.41, 5.74) is 0.867. The molecule has 0 spiro atoms. The van der Waals surface area contributed by atoms with E-state index in [9.17, 15) is 0 Å². The Morgan fingerprint density at radius 2 is 2.12 bits per heavy atom. The van der Waals surface area contributed by atoms with Crippen LogP contribution >= 0.6 is 0 Å². The molecule has 0 aromatic carbocycles. The minimum atomic E-state index is -0.170. The number of rotatable bonds is 6. The molecule has 1 N–H and O–H groups in total. The van der Waals surface area contributed by atoms with Gasteiger partial charge >= 0.3 is 0 Å². The molecule has 0 bridgehead atoms. The first-order valence-corrected chi connectivity index (χ1v) is 6.29. The van der Waals surface area contributed by atoms with Crippen LogP contribution in [0.1, 0.15) is 46.4 Å².